The van der Waals surface area contributed by atoms with E-state index < -0.39 is 0 Å². The molecule has 0 aliphatic heterocycles. The van der Waals surface area contributed by atoms with Gasteiger partial charge >= 0.3 is 0 Å². The molecule has 1 saturated carbocycles. The molecule has 22 heavy (non-hydrogen) atoms. The molecule has 4 N–H and O–H groups in total. The van der Waals surface area contributed by atoms with Gasteiger partial charge < -0.3 is 16.4 Å². The van der Waals surface area contributed by atoms with Crippen LogP contribution in [0.25, 0.3) is 0 Å². The summed E-state index contributed by atoms with van der Waals surface area (Å²) in [6.45, 7) is 2.14. The summed E-state index contributed by atoms with van der Waals surface area (Å²) in [5.41, 5.74) is 9.12. The molecular weight excluding hydrogens is 274 g/mol. The Balaban J connectivity index is 1.81. The van der Waals surface area contributed by atoms with Crippen LogP contribution in [0.15, 0.2) is 30.6 Å². The fourth-order valence-electron chi connectivity index (χ4n) is 2.95. The normalized spacial score (nSPS) is 15.0. The van der Waals surface area contributed by atoms with Crippen LogP contribution in [0.5, 0.6) is 0 Å². The minimum absolute atomic E-state index is 0.480. The Kier molecular flexibility index (Phi) is 4.42. The molecule has 116 valence electrons. The average Bonchev–Trinajstić information content (AvgIpc) is 3.05. The molecule has 0 spiro atoms. The molecule has 1 heterocycles. The summed E-state index contributed by atoms with van der Waals surface area (Å²) in [5.74, 6) is 1.40. The zero-order valence-electron chi connectivity index (χ0n) is 13.0. The fourth-order valence-corrected chi connectivity index (χ4v) is 2.95. The average molecular weight is 297 g/mol. The highest BCUT2D eigenvalue weighted by Gasteiger charge is 2.17. The zero-order valence-corrected chi connectivity index (χ0v) is 13.0. The first-order valence-corrected chi connectivity index (χ1v) is 8.00. The lowest BCUT2D eigenvalue weighted by atomic mass is 10.1. The molecule has 0 radical (unpaired) electrons. The van der Waals surface area contributed by atoms with Crippen molar-refractivity contribution in [1.29, 1.82) is 0 Å². The number of anilines is 4. The van der Waals surface area contributed by atoms with E-state index >= 15 is 0 Å². The molecule has 1 aliphatic rings. The first kappa shape index (κ1) is 14.6. The van der Waals surface area contributed by atoms with Crippen molar-refractivity contribution in [3.63, 3.8) is 0 Å². The summed E-state index contributed by atoms with van der Waals surface area (Å²) < 4.78 is 0. The second kappa shape index (κ2) is 6.64. The van der Waals surface area contributed by atoms with Gasteiger partial charge in [0.15, 0.2) is 11.6 Å². The van der Waals surface area contributed by atoms with Gasteiger partial charge in [-0.15, -0.1) is 0 Å². The van der Waals surface area contributed by atoms with Gasteiger partial charge in [0.25, 0.3) is 0 Å². The van der Waals surface area contributed by atoms with Gasteiger partial charge in [0, 0.05) is 11.7 Å². The predicted molar refractivity (Wildman–Crippen MR) is 91.4 cm³/mol. The maximum Gasteiger partial charge on any atom is 0.159 e. The van der Waals surface area contributed by atoms with Gasteiger partial charge in [0.1, 0.15) is 12.0 Å². The lowest BCUT2D eigenvalue weighted by Gasteiger charge is -2.17. The topological polar surface area (TPSA) is 75.9 Å². The van der Waals surface area contributed by atoms with Crippen LogP contribution in [0.3, 0.4) is 0 Å². The van der Waals surface area contributed by atoms with E-state index in [1.165, 1.54) is 31.2 Å². The number of aromatic nitrogens is 2. The Morgan fingerprint density at radius 2 is 1.86 bits per heavy atom. The van der Waals surface area contributed by atoms with Crippen molar-refractivity contribution < 1.29 is 0 Å². The zero-order chi connectivity index (χ0) is 15.4. The number of hydrogen-bond donors (Lipinski definition) is 3. The van der Waals surface area contributed by atoms with Gasteiger partial charge in [-0.2, -0.15) is 0 Å². The number of aryl methyl sites for hydroxylation is 1. The highest BCUT2D eigenvalue weighted by atomic mass is 15.1. The van der Waals surface area contributed by atoms with Crippen molar-refractivity contribution >= 4 is 23.0 Å². The first-order valence-electron chi connectivity index (χ1n) is 8.00. The highest BCUT2D eigenvalue weighted by molar-refractivity contribution is 5.78. The number of nitrogens with two attached hydrogens (primary N) is 1. The Morgan fingerprint density at radius 1 is 1.14 bits per heavy atom. The van der Waals surface area contributed by atoms with E-state index in [4.69, 9.17) is 5.73 Å². The van der Waals surface area contributed by atoms with Crippen molar-refractivity contribution in [2.75, 3.05) is 16.4 Å². The molecule has 0 amide bonds. The standard InChI is InChI=1S/C17H23N5/c1-2-12-7-3-6-10-14(12)22-17-15(18)16(19-11-20-17)21-13-8-4-5-9-13/h3,6-7,10-11,13H,2,4-5,8-9,18H2,1H3,(H2,19,20,21,22). The van der Waals surface area contributed by atoms with Crippen LogP contribution in [-0.2, 0) is 6.42 Å². The number of nitrogen functional groups attached to an aromatic ring is 1. The van der Waals surface area contributed by atoms with Crippen molar-refractivity contribution in [1.82, 2.24) is 9.97 Å². The van der Waals surface area contributed by atoms with Gasteiger partial charge in [-0.25, -0.2) is 9.97 Å². The van der Waals surface area contributed by atoms with E-state index in [0.29, 0.717) is 17.5 Å². The predicted octanol–water partition coefficient (Wildman–Crippen LogP) is 3.72. The van der Waals surface area contributed by atoms with Gasteiger partial charge in [-0.3, -0.25) is 0 Å². The van der Waals surface area contributed by atoms with E-state index in [-0.39, 0.29) is 0 Å². The fraction of sp³-hybridized carbons (Fsp3) is 0.412. The number of hydrogen-bond acceptors (Lipinski definition) is 5. The minimum atomic E-state index is 0.480. The molecule has 5 nitrogen and oxygen atoms in total. The third-order valence-electron chi connectivity index (χ3n) is 4.23. The van der Waals surface area contributed by atoms with E-state index in [2.05, 4.69) is 33.6 Å². The summed E-state index contributed by atoms with van der Waals surface area (Å²) in [7, 11) is 0. The Hall–Kier alpha value is -2.30. The Morgan fingerprint density at radius 3 is 2.64 bits per heavy atom. The molecule has 0 unspecified atom stereocenters. The van der Waals surface area contributed by atoms with Crippen molar-refractivity contribution in [3.05, 3.63) is 36.2 Å². The van der Waals surface area contributed by atoms with Gasteiger partial charge in [-0.05, 0) is 30.9 Å². The number of rotatable bonds is 5. The monoisotopic (exact) mass is 297 g/mol. The largest absolute Gasteiger partial charge is 0.393 e. The minimum Gasteiger partial charge on any atom is -0.393 e. The molecule has 0 bridgehead atoms. The Bertz CT molecular complexity index is 635. The second-order valence-corrected chi connectivity index (χ2v) is 5.75. The number of benzene rings is 1. The summed E-state index contributed by atoms with van der Waals surface area (Å²) in [5, 5.41) is 6.79. The van der Waals surface area contributed by atoms with Crippen LogP contribution in [0, 0.1) is 0 Å². The highest BCUT2D eigenvalue weighted by Crippen LogP contribution is 2.30. The smallest absolute Gasteiger partial charge is 0.159 e. The molecule has 1 aromatic carbocycles. The van der Waals surface area contributed by atoms with Crippen LogP contribution in [-0.4, -0.2) is 16.0 Å². The maximum atomic E-state index is 6.25. The number of para-hydroxylation sites is 1. The van der Waals surface area contributed by atoms with E-state index in [1.54, 1.807) is 6.33 Å². The summed E-state index contributed by atoms with van der Waals surface area (Å²) in [6, 6.07) is 8.69. The van der Waals surface area contributed by atoms with E-state index in [9.17, 15) is 0 Å². The van der Waals surface area contributed by atoms with Crippen LogP contribution in [0.2, 0.25) is 0 Å². The molecule has 2 aromatic rings. The molecular formula is C17H23N5. The summed E-state index contributed by atoms with van der Waals surface area (Å²) >= 11 is 0. The molecule has 0 atom stereocenters. The maximum absolute atomic E-state index is 6.25. The molecule has 1 fully saturated rings. The van der Waals surface area contributed by atoms with Gasteiger partial charge in [0.05, 0.1) is 0 Å². The second-order valence-electron chi connectivity index (χ2n) is 5.75. The lowest BCUT2D eigenvalue weighted by Crippen LogP contribution is -2.17. The van der Waals surface area contributed by atoms with Crippen LogP contribution in [0.1, 0.15) is 38.2 Å². The quantitative estimate of drug-likeness (QED) is 0.784. The third kappa shape index (κ3) is 3.13. The first-order chi connectivity index (χ1) is 10.8. The van der Waals surface area contributed by atoms with Crippen molar-refractivity contribution in [2.24, 2.45) is 0 Å². The van der Waals surface area contributed by atoms with E-state index in [0.717, 1.165) is 17.9 Å². The van der Waals surface area contributed by atoms with Gasteiger partial charge in [-0.1, -0.05) is 38.0 Å². The number of nitrogens with one attached hydrogen (secondary N) is 2. The van der Waals surface area contributed by atoms with Crippen molar-refractivity contribution in [3.8, 4) is 0 Å². The molecule has 1 aliphatic carbocycles. The third-order valence-corrected chi connectivity index (χ3v) is 4.23. The van der Waals surface area contributed by atoms with Crippen LogP contribution < -0.4 is 16.4 Å². The van der Waals surface area contributed by atoms with E-state index in [1.807, 2.05) is 18.2 Å². The molecule has 5 heteroatoms. The molecule has 1 aromatic heterocycles. The van der Waals surface area contributed by atoms with Crippen molar-refractivity contribution in [2.45, 2.75) is 45.1 Å². The summed E-state index contributed by atoms with van der Waals surface area (Å²) in [4.78, 5) is 8.60. The number of nitrogens with zero attached hydrogens (tertiary/aromatic N) is 2. The lowest BCUT2D eigenvalue weighted by molar-refractivity contribution is 0.750. The molecule has 3 rings (SSSR count). The van der Waals surface area contributed by atoms with Gasteiger partial charge in [0.2, 0.25) is 0 Å². The Labute approximate surface area is 131 Å². The van der Waals surface area contributed by atoms with Crippen LogP contribution in [0.4, 0.5) is 23.0 Å². The summed E-state index contributed by atoms with van der Waals surface area (Å²) in [6.07, 6.45) is 7.44. The molecule has 0 saturated heterocycles. The SMILES string of the molecule is CCc1ccccc1Nc1ncnc(NC2CCCC2)c1N. The van der Waals surface area contributed by atoms with Crippen LogP contribution >= 0.6 is 0 Å².